The summed E-state index contributed by atoms with van der Waals surface area (Å²) in [6.45, 7) is 0. The Hall–Kier alpha value is -1.39. The SMILES string of the molecule is O=C(Nc1nc(-c2ccccc2Cl)cs1)C1CC1. The number of anilines is 1. The van der Waals surface area contributed by atoms with E-state index < -0.39 is 0 Å². The molecule has 1 N–H and O–H groups in total. The summed E-state index contributed by atoms with van der Waals surface area (Å²) in [5, 5.41) is 6.06. The van der Waals surface area contributed by atoms with Crippen LogP contribution in [0.2, 0.25) is 5.02 Å². The molecule has 1 aromatic carbocycles. The molecule has 1 aliphatic rings. The van der Waals surface area contributed by atoms with Crippen molar-refractivity contribution in [2.75, 3.05) is 5.32 Å². The Morgan fingerprint density at radius 1 is 1.39 bits per heavy atom. The van der Waals surface area contributed by atoms with Gasteiger partial charge in [-0.15, -0.1) is 11.3 Å². The lowest BCUT2D eigenvalue weighted by atomic mass is 10.2. The van der Waals surface area contributed by atoms with E-state index in [1.807, 2.05) is 29.6 Å². The van der Waals surface area contributed by atoms with Crippen molar-refractivity contribution in [2.24, 2.45) is 5.92 Å². The van der Waals surface area contributed by atoms with Gasteiger partial charge in [-0.25, -0.2) is 4.98 Å². The molecule has 5 heteroatoms. The highest BCUT2D eigenvalue weighted by Crippen LogP contribution is 2.33. The molecule has 2 aromatic rings. The van der Waals surface area contributed by atoms with E-state index in [0.29, 0.717) is 10.2 Å². The summed E-state index contributed by atoms with van der Waals surface area (Å²) >= 11 is 7.54. The standard InChI is InChI=1S/C13H11ClN2OS/c14-10-4-2-1-3-9(10)11-7-18-13(15-11)16-12(17)8-5-6-8/h1-4,7-8H,5-6H2,(H,15,16,17). The minimum absolute atomic E-state index is 0.0788. The summed E-state index contributed by atoms with van der Waals surface area (Å²) in [6.07, 6.45) is 1.99. The molecule has 0 atom stereocenters. The van der Waals surface area contributed by atoms with Crippen molar-refractivity contribution in [2.45, 2.75) is 12.8 Å². The van der Waals surface area contributed by atoms with Gasteiger partial charge in [-0.3, -0.25) is 4.79 Å². The largest absolute Gasteiger partial charge is 0.302 e. The van der Waals surface area contributed by atoms with Crippen LogP contribution in [0, 0.1) is 5.92 Å². The third kappa shape index (κ3) is 2.40. The second kappa shape index (κ2) is 4.71. The van der Waals surface area contributed by atoms with Crippen LogP contribution >= 0.6 is 22.9 Å². The molecule has 1 saturated carbocycles. The zero-order valence-corrected chi connectivity index (χ0v) is 11.1. The van der Waals surface area contributed by atoms with E-state index in [0.717, 1.165) is 24.1 Å². The number of nitrogens with zero attached hydrogens (tertiary/aromatic N) is 1. The summed E-state index contributed by atoms with van der Waals surface area (Å²) < 4.78 is 0. The molecule has 3 rings (SSSR count). The number of thiazole rings is 1. The maximum atomic E-state index is 11.6. The molecule has 0 aliphatic heterocycles. The summed E-state index contributed by atoms with van der Waals surface area (Å²) in [7, 11) is 0. The Morgan fingerprint density at radius 2 is 2.17 bits per heavy atom. The van der Waals surface area contributed by atoms with Crippen molar-refractivity contribution < 1.29 is 4.79 Å². The lowest BCUT2D eigenvalue weighted by Crippen LogP contribution is -2.12. The van der Waals surface area contributed by atoms with Crippen molar-refractivity contribution in [1.29, 1.82) is 0 Å². The fourth-order valence-corrected chi connectivity index (χ4v) is 2.62. The Bertz CT molecular complexity index is 592. The fourth-order valence-electron chi connectivity index (χ4n) is 1.68. The molecule has 0 unspecified atom stereocenters. The van der Waals surface area contributed by atoms with Gasteiger partial charge in [-0.05, 0) is 18.9 Å². The van der Waals surface area contributed by atoms with Gasteiger partial charge in [0.25, 0.3) is 0 Å². The first-order valence-electron chi connectivity index (χ1n) is 5.75. The predicted molar refractivity (Wildman–Crippen MR) is 73.9 cm³/mol. The predicted octanol–water partition coefficient (Wildman–Crippen LogP) is 3.81. The summed E-state index contributed by atoms with van der Waals surface area (Å²) in [5.74, 6) is 0.271. The Morgan fingerprint density at radius 3 is 2.89 bits per heavy atom. The minimum Gasteiger partial charge on any atom is -0.302 e. The number of hydrogen-bond acceptors (Lipinski definition) is 3. The van der Waals surface area contributed by atoms with Gasteiger partial charge in [-0.1, -0.05) is 29.8 Å². The van der Waals surface area contributed by atoms with E-state index in [1.165, 1.54) is 11.3 Å². The topological polar surface area (TPSA) is 42.0 Å². The first-order chi connectivity index (χ1) is 8.74. The van der Waals surface area contributed by atoms with Crippen LogP contribution in [0.3, 0.4) is 0 Å². The summed E-state index contributed by atoms with van der Waals surface area (Å²) in [6, 6.07) is 7.56. The molecule has 0 saturated heterocycles. The van der Waals surface area contributed by atoms with Crippen molar-refractivity contribution in [3.63, 3.8) is 0 Å². The van der Waals surface area contributed by atoms with Crippen LogP contribution in [0.15, 0.2) is 29.6 Å². The van der Waals surface area contributed by atoms with Gasteiger partial charge in [0, 0.05) is 21.9 Å². The van der Waals surface area contributed by atoms with Crippen LogP contribution in [0.1, 0.15) is 12.8 Å². The highest BCUT2D eigenvalue weighted by molar-refractivity contribution is 7.14. The monoisotopic (exact) mass is 278 g/mol. The van der Waals surface area contributed by atoms with Crippen molar-refractivity contribution >= 4 is 34.0 Å². The van der Waals surface area contributed by atoms with Crippen molar-refractivity contribution in [1.82, 2.24) is 4.98 Å². The second-order valence-corrected chi connectivity index (χ2v) is 5.55. The van der Waals surface area contributed by atoms with E-state index >= 15 is 0 Å². The van der Waals surface area contributed by atoms with Crippen LogP contribution in [-0.2, 0) is 4.79 Å². The first kappa shape index (κ1) is 11.7. The Labute approximate surface area is 114 Å². The van der Waals surface area contributed by atoms with E-state index in [9.17, 15) is 4.79 Å². The van der Waals surface area contributed by atoms with Gasteiger partial charge >= 0.3 is 0 Å². The Kier molecular flexibility index (Phi) is 3.06. The van der Waals surface area contributed by atoms with Crippen LogP contribution in [-0.4, -0.2) is 10.9 Å². The van der Waals surface area contributed by atoms with E-state index in [-0.39, 0.29) is 11.8 Å². The number of aromatic nitrogens is 1. The minimum atomic E-state index is 0.0788. The highest BCUT2D eigenvalue weighted by Gasteiger charge is 2.30. The molecular weight excluding hydrogens is 268 g/mol. The summed E-state index contributed by atoms with van der Waals surface area (Å²) in [5.41, 5.74) is 1.69. The molecular formula is C13H11ClN2OS. The van der Waals surface area contributed by atoms with Gasteiger partial charge < -0.3 is 5.32 Å². The lowest BCUT2D eigenvalue weighted by Gasteiger charge is -2.00. The number of nitrogens with one attached hydrogen (secondary N) is 1. The zero-order chi connectivity index (χ0) is 12.5. The fraction of sp³-hybridized carbons (Fsp3) is 0.231. The molecule has 1 fully saturated rings. The number of carbonyl (C=O) groups excluding carboxylic acids is 1. The molecule has 1 amide bonds. The smallest absolute Gasteiger partial charge is 0.229 e. The van der Waals surface area contributed by atoms with Crippen molar-refractivity contribution in [3.05, 3.63) is 34.7 Å². The molecule has 0 spiro atoms. The molecule has 18 heavy (non-hydrogen) atoms. The van der Waals surface area contributed by atoms with Crippen molar-refractivity contribution in [3.8, 4) is 11.3 Å². The van der Waals surface area contributed by atoms with Gasteiger partial charge in [0.2, 0.25) is 5.91 Å². The highest BCUT2D eigenvalue weighted by atomic mass is 35.5. The average molecular weight is 279 g/mol. The van der Waals surface area contributed by atoms with Crippen LogP contribution < -0.4 is 5.32 Å². The Balaban J connectivity index is 1.80. The third-order valence-electron chi connectivity index (χ3n) is 2.83. The average Bonchev–Trinajstić information content (AvgIpc) is 3.12. The third-order valence-corrected chi connectivity index (χ3v) is 3.92. The lowest BCUT2D eigenvalue weighted by molar-refractivity contribution is -0.117. The number of halogens is 1. The van der Waals surface area contributed by atoms with Gasteiger partial charge in [0.1, 0.15) is 0 Å². The quantitative estimate of drug-likeness (QED) is 0.927. The first-order valence-corrected chi connectivity index (χ1v) is 7.01. The normalized spacial score (nSPS) is 14.5. The number of amides is 1. The van der Waals surface area contributed by atoms with E-state index in [1.54, 1.807) is 0 Å². The second-order valence-electron chi connectivity index (χ2n) is 4.28. The van der Waals surface area contributed by atoms with Gasteiger partial charge in [-0.2, -0.15) is 0 Å². The maximum Gasteiger partial charge on any atom is 0.229 e. The summed E-state index contributed by atoms with van der Waals surface area (Å²) in [4.78, 5) is 16.0. The number of rotatable bonds is 3. The molecule has 1 aliphatic carbocycles. The zero-order valence-electron chi connectivity index (χ0n) is 9.52. The van der Waals surface area contributed by atoms with E-state index in [4.69, 9.17) is 11.6 Å². The number of hydrogen-bond donors (Lipinski definition) is 1. The van der Waals surface area contributed by atoms with E-state index in [2.05, 4.69) is 10.3 Å². The molecule has 1 aromatic heterocycles. The van der Waals surface area contributed by atoms with Crippen LogP contribution in [0.4, 0.5) is 5.13 Å². The molecule has 92 valence electrons. The van der Waals surface area contributed by atoms with Crippen LogP contribution in [0.25, 0.3) is 11.3 Å². The maximum absolute atomic E-state index is 11.6. The molecule has 0 bridgehead atoms. The van der Waals surface area contributed by atoms with Gasteiger partial charge in [0.05, 0.1) is 5.69 Å². The molecule has 1 heterocycles. The molecule has 3 nitrogen and oxygen atoms in total. The van der Waals surface area contributed by atoms with Gasteiger partial charge in [0.15, 0.2) is 5.13 Å². The molecule has 0 radical (unpaired) electrons. The number of benzene rings is 1. The number of carbonyl (C=O) groups is 1. The van der Waals surface area contributed by atoms with Crippen LogP contribution in [0.5, 0.6) is 0 Å².